The molecule has 0 aromatic heterocycles. The number of hydrogen-bond donors (Lipinski definition) is 1. The van der Waals surface area contributed by atoms with Crippen molar-refractivity contribution in [3.63, 3.8) is 0 Å². The molecule has 2 N–H and O–H groups in total. The van der Waals surface area contributed by atoms with Gasteiger partial charge in [-0.25, -0.2) is 0 Å². The quantitative estimate of drug-likeness (QED) is 0.776. The Bertz CT molecular complexity index is 183. The minimum Gasteiger partial charge on any atom is -0.328 e. The third-order valence-corrected chi connectivity index (χ3v) is 3.20. The first-order valence-corrected chi connectivity index (χ1v) is 6.35. The Kier molecular flexibility index (Phi) is 4.60. The summed E-state index contributed by atoms with van der Waals surface area (Å²) in [6, 6.07) is 0.376. The second kappa shape index (κ2) is 5.31. The maximum absolute atomic E-state index is 6.15. The van der Waals surface area contributed by atoms with E-state index in [0.717, 1.165) is 18.8 Å². The molecule has 0 aromatic carbocycles. The second-order valence-electron chi connectivity index (χ2n) is 6.51. The van der Waals surface area contributed by atoms with Crippen LogP contribution in [-0.4, -0.2) is 30.6 Å². The van der Waals surface area contributed by atoms with Gasteiger partial charge < -0.3 is 10.6 Å². The Morgan fingerprint density at radius 2 is 2.07 bits per heavy atom. The van der Waals surface area contributed by atoms with Crippen LogP contribution in [-0.2, 0) is 0 Å². The fourth-order valence-electron chi connectivity index (χ4n) is 2.47. The highest BCUT2D eigenvalue weighted by Gasteiger charge is 2.20. The predicted molar refractivity (Wildman–Crippen MR) is 66.9 cm³/mol. The van der Waals surface area contributed by atoms with Crippen molar-refractivity contribution < 1.29 is 0 Å². The molecule has 1 aliphatic heterocycles. The molecule has 90 valence electrons. The van der Waals surface area contributed by atoms with Crippen LogP contribution in [0.1, 0.15) is 47.0 Å². The average molecular weight is 212 g/mol. The molecule has 1 rings (SSSR count). The number of nitrogens with two attached hydrogens (primary N) is 1. The largest absolute Gasteiger partial charge is 0.328 e. The molecule has 0 spiro atoms. The molecule has 1 aliphatic rings. The van der Waals surface area contributed by atoms with Crippen molar-refractivity contribution in [2.75, 3.05) is 19.6 Å². The number of likely N-dealkylation sites (tertiary alicyclic amines) is 1. The first-order valence-electron chi connectivity index (χ1n) is 6.35. The molecule has 1 fully saturated rings. The number of rotatable bonds is 4. The summed E-state index contributed by atoms with van der Waals surface area (Å²) in [6.07, 6.45) is 3.66. The van der Waals surface area contributed by atoms with E-state index < -0.39 is 0 Å². The average Bonchev–Trinajstić information content (AvgIpc) is 2.45. The van der Waals surface area contributed by atoms with E-state index in [1.807, 2.05) is 0 Å². The topological polar surface area (TPSA) is 29.3 Å². The van der Waals surface area contributed by atoms with Gasteiger partial charge in [0.2, 0.25) is 0 Å². The van der Waals surface area contributed by atoms with E-state index in [2.05, 4.69) is 32.6 Å². The lowest BCUT2D eigenvalue weighted by Gasteiger charge is -2.25. The number of nitrogens with zero attached hydrogens (tertiary/aromatic N) is 1. The summed E-state index contributed by atoms with van der Waals surface area (Å²) >= 11 is 0. The standard InChI is InChI=1S/C13H28N2/c1-11-5-7-15(10-11)8-6-12(14)9-13(2,3)4/h11-12H,5-10,14H2,1-4H3. The highest BCUT2D eigenvalue weighted by Crippen LogP contribution is 2.22. The molecule has 0 amide bonds. The summed E-state index contributed by atoms with van der Waals surface area (Å²) in [4.78, 5) is 2.56. The lowest BCUT2D eigenvalue weighted by molar-refractivity contribution is 0.279. The highest BCUT2D eigenvalue weighted by molar-refractivity contribution is 4.76. The Labute approximate surface area is 95.2 Å². The zero-order valence-corrected chi connectivity index (χ0v) is 10.9. The van der Waals surface area contributed by atoms with Gasteiger partial charge >= 0.3 is 0 Å². The van der Waals surface area contributed by atoms with Crippen molar-refractivity contribution in [3.8, 4) is 0 Å². The van der Waals surface area contributed by atoms with Crippen molar-refractivity contribution >= 4 is 0 Å². The molecule has 0 saturated carbocycles. The first-order chi connectivity index (χ1) is 6.87. The van der Waals surface area contributed by atoms with Gasteiger partial charge in [0, 0.05) is 12.6 Å². The van der Waals surface area contributed by atoms with Crippen LogP contribution in [0, 0.1) is 11.3 Å². The molecule has 15 heavy (non-hydrogen) atoms. The van der Waals surface area contributed by atoms with E-state index in [1.54, 1.807) is 0 Å². The Balaban J connectivity index is 2.14. The van der Waals surface area contributed by atoms with Gasteiger partial charge in [-0.05, 0) is 43.7 Å². The molecule has 0 bridgehead atoms. The molecular weight excluding hydrogens is 184 g/mol. The van der Waals surface area contributed by atoms with Crippen molar-refractivity contribution in [2.45, 2.75) is 53.0 Å². The second-order valence-corrected chi connectivity index (χ2v) is 6.51. The van der Waals surface area contributed by atoms with E-state index >= 15 is 0 Å². The summed E-state index contributed by atoms with van der Waals surface area (Å²) < 4.78 is 0. The minimum absolute atomic E-state index is 0.373. The van der Waals surface area contributed by atoms with Gasteiger partial charge in [0.1, 0.15) is 0 Å². The van der Waals surface area contributed by atoms with Crippen LogP contribution in [0.25, 0.3) is 0 Å². The van der Waals surface area contributed by atoms with E-state index in [9.17, 15) is 0 Å². The monoisotopic (exact) mass is 212 g/mol. The smallest absolute Gasteiger partial charge is 0.00559 e. The Hall–Kier alpha value is -0.0800. The van der Waals surface area contributed by atoms with Crippen LogP contribution in [0.3, 0.4) is 0 Å². The lowest BCUT2D eigenvalue weighted by atomic mass is 9.87. The lowest BCUT2D eigenvalue weighted by Crippen LogP contribution is -2.32. The predicted octanol–water partition coefficient (Wildman–Crippen LogP) is 2.48. The van der Waals surface area contributed by atoms with E-state index in [-0.39, 0.29) is 0 Å². The van der Waals surface area contributed by atoms with Gasteiger partial charge in [-0.2, -0.15) is 0 Å². The normalized spacial score (nSPS) is 25.8. The van der Waals surface area contributed by atoms with Gasteiger partial charge in [-0.1, -0.05) is 27.7 Å². The fraction of sp³-hybridized carbons (Fsp3) is 1.00. The number of hydrogen-bond acceptors (Lipinski definition) is 2. The van der Waals surface area contributed by atoms with Gasteiger partial charge in [0.25, 0.3) is 0 Å². The minimum atomic E-state index is 0.373. The molecule has 2 heteroatoms. The van der Waals surface area contributed by atoms with Gasteiger partial charge in [-0.3, -0.25) is 0 Å². The van der Waals surface area contributed by atoms with Gasteiger partial charge in [-0.15, -0.1) is 0 Å². The SMILES string of the molecule is CC1CCN(CCC(N)CC(C)(C)C)C1. The van der Waals surface area contributed by atoms with Crippen LogP contribution in [0.15, 0.2) is 0 Å². The Morgan fingerprint density at radius 3 is 2.53 bits per heavy atom. The van der Waals surface area contributed by atoms with Crippen molar-refractivity contribution in [1.82, 2.24) is 4.90 Å². The molecule has 2 atom stereocenters. The molecule has 2 unspecified atom stereocenters. The maximum atomic E-state index is 6.15. The summed E-state index contributed by atoms with van der Waals surface area (Å²) in [7, 11) is 0. The van der Waals surface area contributed by atoms with E-state index in [4.69, 9.17) is 5.73 Å². The van der Waals surface area contributed by atoms with Crippen molar-refractivity contribution in [1.29, 1.82) is 0 Å². The van der Waals surface area contributed by atoms with E-state index in [1.165, 1.54) is 26.1 Å². The van der Waals surface area contributed by atoms with Crippen LogP contribution in [0.4, 0.5) is 0 Å². The molecule has 0 radical (unpaired) electrons. The zero-order chi connectivity index (χ0) is 11.5. The molecule has 2 nitrogen and oxygen atoms in total. The summed E-state index contributed by atoms with van der Waals surface area (Å²) in [5, 5.41) is 0. The molecule has 0 aliphatic carbocycles. The van der Waals surface area contributed by atoms with Crippen LogP contribution >= 0.6 is 0 Å². The highest BCUT2D eigenvalue weighted by atomic mass is 15.1. The van der Waals surface area contributed by atoms with Crippen LogP contribution < -0.4 is 5.73 Å². The summed E-state index contributed by atoms with van der Waals surface area (Å²) in [5.41, 5.74) is 6.52. The molecule has 1 saturated heterocycles. The zero-order valence-electron chi connectivity index (χ0n) is 10.9. The van der Waals surface area contributed by atoms with E-state index in [0.29, 0.717) is 11.5 Å². The third-order valence-electron chi connectivity index (χ3n) is 3.20. The van der Waals surface area contributed by atoms with Crippen LogP contribution in [0.5, 0.6) is 0 Å². The summed E-state index contributed by atoms with van der Waals surface area (Å²) in [6.45, 7) is 12.9. The van der Waals surface area contributed by atoms with Crippen molar-refractivity contribution in [3.05, 3.63) is 0 Å². The third kappa shape index (κ3) is 5.53. The fourth-order valence-corrected chi connectivity index (χ4v) is 2.47. The van der Waals surface area contributed by atoms with Gasteiger partial charge in [0.15, 0.2) is 0 Å². The molecule has 1 heterocycles. The maximum Gasteiger partial charge on any atom is 0.00559 e. The summed E-state index contributed by atoms with van der Waals surface area (Å²) in [5.74, 6) is 0.892. The van der Waals surface area contributed by atoms with Crippen LogP contribution in [0.2, 0.25) is 0 Å². The van der Waals surface area contributed by atoms with Gasteiger partial charge in [0.05, 0.1) is 0 Å². The van der Waals surface area contributed by atoms with Crippen molar-refractivity contribution in [2.24, 2.45) is 17.1 Å². The first kappa shape index (κ1) is 13.0. The molecule has 0 aromatic rings. The molecular formula is C13H28N2. The Morgan fingerprint density at radius 1 is 1.40 bits per heavy atom.